The molecule has 32 heavy (non-hydrogen) atoms. The summed E-state index contributed by atoms with van der Waals surface area (Å²) in [6.45, 7) is 1.03. The highest BCUT2D eigenvalue weighted by Gasteiger charge is 2.11. The van der Waals surface area contributed by atoms with E-state index >= 15 is 0 Å². The first-order chi connectivity index (χ1) is 15.6. The maximum atomic E-state index is 11.4. The molecule has 2 aromatic carbocycles. The van der Waals surface area contributed by atoms with E-state index in [2.05, 4.69) is 20.4 Å². The van der Waals surface area contributed by atoms with Gasteiger partial charge in [-0.25, -0.2) is 9.97 Å². The average Bonchev–Trinajstić information content (AvgIpc) is 3.39. The van der Waals surface area contributed by atoms with E-state index in [9.17, 15) is 9.90 Å². The Morgan fingerprint density at radius 3 is 2.88 bits per heavy atom. The zero-order chi connectivity index (χ0) is 22.1. The quantitative estimate of drug-likeness (QED) is 0.367. The summed E-state index contributed by atoms with van der Waals surface area (Å²) in [6.07, 6.45) is 5.22. The lowest BCUT2D eigenvalue weighted by Crippen LogP contribution is -2.11. The number of amides is 1. The minimum atomic E-state index is -0.447. The Morgan fingerprint density at radius 2 is 2.03 bits per heavy atom. The summed E-state index contributed by atoms with van der Waals surface area (Å²) in [5, 5.41) is 18.2. The molecule has 9 nitrogen and oxygen atoms in total. The van der Waals surface area contributed by atoms with Gasteiger partial charge in [-0.1, -0.05) is 12.1 Å². The maximum Gasteiger partial charge on any atom is 0.248 e. The van der Waals surface area contributed by atoms with Crippen LogP contribution in [0, 0.1) is 0 Å². The van der Waals surface area contributed by atoms with Crippen molar-refractivity contribution in [1.82, 2.24) is 24.3 Å². The van der Waals surface area contributed by atoms with Crippen LogP contribution in [0.3, 0.4) is 0 Å². The Morgan fingerprint density at radius 1 is 1.12 bits per heavy atom. The van der Waals surface area contributed by atoms with Gasteiger partial charge < -0.3 is 20.7 Å². The van der Waals surface area contributed by atoms with Crippen molar-refractivity contribution in [2.45, 2.75) is 13.1 Å². The number of benzene rings is 2. The second-order valence-corrected chi connectivity index (χ2v) is 7.45. The number of fused-ring (bicyclic) bond motifs is 2. The van der Waals surface area contributed by atoms with Gasteiger partial charge >= 0.3 is 0 Å². The summed E-state index contributed by atoms with van der Waals surface area (Å²) in [5.41, 5.74) is 10.3. The summed E-state index contributed by atoms with van der Waals surface area (Å²) in [7, 11) is 0. The molecule has 4 N–H and O–H groups in total. The number of anilines is 2. The Hall–Kier alpha value is -4.24. The van der Waals surface area contributed by atoms with Crippen LogP contribution in [0.2, 0.25) is 0 Å². The maximum absolute atomic E-state index is 11.4. The number of primary amides is 1. The fourth-order valence-electron chi connectivity index (χ4n) is 3.84. The first-order valence-electron chi connectivity index (χ1n) is 10.1. The number of hydrogen-bond donors (Lipinski definition) is 3. The molecule has 0 aliphatic heterocycles. The molecule has 5 rings (SSSR count). The second kappa shape index (κ2) is 8.12. The van der Waals surface area contributed by atoms with Crippen LogP contribution >= 0.6 is 0 Å². The molecule has 160 valence electrons. The van der Waals surface area contributed by atoms with Crippen LogP contribution < -0.4 is 11.1 Å². The molecule has 0 spiro atoms. The third-order valence-corrected chi connectivity index (χ3v) is 5.34. The number of nitrogens with zero attached hydrogens (tertiary/aromatic N) is 5. The number of aliphatic hydroxyl groups excluding tert-OH is 1. The molecule has 3 aromatic heterocycles. The fourth-order valence-corrected chi connectivity index (χ4v) is 3.84. The first-order valence-corrected chi connectivity index (χ1v) is 10.1. The second-order valence-electron chi connectivity index (χ2n) is 7.45. The number of aromatic nitrogens is 5. The van der Waals surface area contributed by atoms with E-state index in [-0.39, 0.29) is 6.61 Å². The molecule has 0 radical (unpaired) electrons. The van der Waals surface area contributed by atoms with Crippen LogP contribution in [0.5, 0.6) is 0 Å². The fraction of sp³-hybridized carbons (Fsp3) is 0.130. The predicted octanol–water partition coefficient (Wildman–Crippen LogP) is 2.66. The monoisotopic (exact) mass is 427 g/mol. The third kappa shape index (κ3) is 3.65. The van der Waals surface area contributed by atoms with Gasteiger partial charge in [-0.05, 0) is 42.0 Å². The SMILES string of the molecule is NC(=O)c1cccc(Cn2ncc3cc(Nc4ncnc5ccn(CCO)c45)ccc32)c1. The van der Waals surface area contributed by atoms with Gasteiger partial charge in [0.15, 0.2) is 5.82 Å². The number of aliphatic hydroxyl groups is 1. The summed E-state index contributed by atoms with van der Waals surface area (Å²) in [4.78, 5) is 20.1. The molecule has 0 unspecified atom stereocenters. The van der Waals surface area contributed by atoms with Gasteiger partial charge in [-0.2, -0.15) is 5.10 Å². The molecular formula is C23H21N7O2. The van der Waals surface area contributed by atoms with Crippen LogP contribution in [0.1, 0.15) is 15.9 Å². The molecule has 3 heterocycles. The van der Waals surface area contributed by atoms with Gasteiger partial charge in [-0.15, -0.1) is 0 Å². The standard InChI is InChI=1S/C23H21N7O2/c24-22(32)16-3-1-2-15(10-16)13-30-20-5-4-18(11-17(20)12-27-30)28-23-21-19(25-14-26-23)6-7-29(21)8-9-31/h1-7,10-12,14,31H,8-9,13H2,(H2,24,32)(H,25,26,28). The zero-order valence-corrected chi connectivity index (χ0v) is 17.1. The molecule has 0 atom stereocenters. The van der Waals surface area contributed by atoms with Crippen LogP contribution in [0.4, 0.5) is 11.5 Å². The van der Waals surface area contributed by atoms with Crippen molar-refractivity contribution < 1.29 is 9.90 Å². The summed E-state index contributed by atoms with van der Waals surface area (Å²) in [6, 6.07) is 15.1. The number of rotatable bonds is 7. The van der Waals surface area contributed by atoms with Crippen LogP contribution in [0.15, 0.2) is 67.3 Å². The Bertz CT molecular complexity index is 1440. The highest BCUT2D eigenvalue weighted by atomic mass is 16.3. The number of carbonyl (C=O) groups excluding carboxylic acids is 1. The lowest BCUT2D eigenvalue weighted by Gasteiger charge is -2.10. The smallest absolute Gasteiger partial charge is 0.248 e. The average molecular weight is 427 g/mol. The van der Waals surface area contributed by atoms with E-state index in [0.29, 0.717) is 24.5 Å². The molecule has 0 fully saturated rings. The van der Waals surface area contributed by atoms with Crippen molar-refractivity contribution in [2.75, 3.05) is 11.9 Å². The van der Waals surface area contributed by atoms with Crippen molar-refractivity contribution in [1.29, 1.82) is 0 Å². The molecule has 0 saturated carbocycles. The molecule has 0 saturated heterocycles. The third-order valence-electron chi connectivity index (χ3n) is 5.34. The normalized spacial score (nSPS) is 11.3. The van der Waals surface area contributed by atoms with E-state index in [1.165, 1.54) is 6.33 Å². The lowest BCUT2D eigenvalue weighted by atomic mass is 10.1. The summed E-state index contributed by atoms with van der Waals surface area (Å²) >= 11 is 0. The first kappa shape index (κ1) is 19.7. The molecule has 0 bridgehead atoms. The van der Waals surface area contributed by atoms with E-state index in [4.69, 9.17) is 5.73 Å². The Labute approximate surface area is 183 Å². The van der Waals surface area contributed by atoms with Crippen LogP contribution in [0.25, 0.3) is 21.9 Å². The number of nitrogens with one attached hydrogen (secondary N) is 1. The molecule has 0 aliphatic carbocycles. The van der Waals surface area contributed by atoms with Crippen molar-refractivity contribution in [3.8, 4) is 0 Å². The van der Waals surface area contributed by atoms with Crippen molar-refractivity contribution >= 4 is 39.3 Å². The molecule has 9 heteroatoms. The van der Waals surface area contributed by atoms with Crippen molar-refractivity contribution in [2.24, 2.45) is 5.73 Å². The summed E-state index contributed by atoms with van der Waals surface area (Å²) in [5.74, 6) is 0.223. The van der Waals surface area contributed by atoms with Gasteiger partial charge in [0, 0.05) is 29.4 Å². The molecule has 1 amide bonds. The van der Waals surface area contributed by atoms with Gasteiger partial charge in [-0.3, -0.25) is 9.48 Å². The van der Waals surface area contributed by atoms with Crippen LogP contribution in [-0.4, -0.2) is 41.9 Å². The van der Waals surface area contributed by atoms with Crippen molar-refractivity contribution in [3.63, 3.8) is 0 Å². The number of nitrogens with two attached hydrogens (primary N) is 1. The highest BCUT2D eigenvalue weighted by Crippen LogP contribution is 2.26. The zero-order valence-electron chi connectivity index (χ0n) is 17.1. The number of hydrogen-bond acceptors (Lipinski definition) is 6. The van der Waals surface area contributed by atoms with Gasteiger partial charge in [0.25, 0.3) is 0 Å². The molecule has 5 aromatic rings. The highest BCUT2D eigenvalue weighted by molar-refractivity contribution is 5.93. The van der Waals surface area contributed by atoms with Gasteiger partial charge in [0.2, 0.25) is 5.91 Å². The minimum Gasteiger partial charge on any atom is -0.395 e. The van der Waals surface area contributed by atoms with Crippen molar-refractivity contribution in [3.05, 3.63) is 78.4 Å². The largest absolute Gasteiger partial charge is 0.395 e. The van der Waals surface area contributed by atoms with Crippen LogP contribution in [-0.2, 0) is 13.1 Å². The minimum absolute atomic E-state index is 0.0333. The number of carbonyl (C=O) groups is 1. The topological polar surface area (TPSA) is 124 Å². The molecule has 0 aliphatic rings. The predicted molar refractivity (Wildman–Crippen MR) is 122 cm³/mol. The molecular weight excluding hydrogens is 406 g/mol. The Balaban J connectivity index is 1.43. The Kier molecular flexibility index (Phi) is 5.00. The van der Waals surface area contributed by atoms with Gasteiger partial charge in [0.1, 0.15) is 11.8 Å². The summed E-state index contributed by atoms with van der Waals surface area (Å²) < 4.78 is 3.81. The lowest BCUT2D eigenvalue weighted by molar-refractivity contribution is 0.1000. The van der Waals surface area contributed by atoms with E-state index in [1.807, 2.05) is 58.0 Å². The van der Waals surface area contributed by atoms with E-state index in [0.717, 1.165) is 33.2 Å². The van der Waals surface area contributed by atoms with E-state index in [1.54, 1.807) is 12.1 Å². The van der Waals surface area contributed by atoms with Gasteiger partial charge in [0.05, 0.1) is 30.4 Å². The van der Waals surface area contributed by atoms with E-state index < -0.39 is 5.91 Å².